The Morgan fingerprint density at radius 2 is 1.10 bits per heavy atom. The van der Waals surface area contributed by atoms with Gasteiger partial charge in [-0.2, -0.15) is 0 Å². The van der Waals surface area contributed by atoms with Crippen LogP contribution in [0.1, 0.15) is 0 Å². The summed E-state index contributed by atoms with van der Waals surface area (Å²) >= 11 is 0. The summed E-state index contributed by atoms with van der Waals surface area (Å²) < 4.78 is 2.18. The van der Waals surface area contributed by atoms with Gasteiger partial charge in [0, 0.05) is 17.1 Å². The fourth-order valence-electron chi connectivity index (χ4n) is 5.76. The molecular weight excluding hydrogens is 500 g/mol. The first-order chi connectivity index (χ1) is 20.3. The van der Waals surface area contributed by atoms with Gasteiger partial charge in [0.05, 0.1) is 33.6 Å². The molecule has 0 spiro atoms. The van der Waals surface area contributed by atoms with Crippen molar-refractivity contribution >= 4 is 32.7 Å². The van der Waals surface area contributed by atoms with E-state index in [1.54, 1.807) is 0 Å². The van der Waals surface area contributed by atoms with Gasteiger partial charge in [-0.1, -0.05) is 97.1 Å². The molecular formula is C37H24N4. The number of nitrogens with zero attached hydrogens (tertiary/aromatic N) is 4. The minimum atomic E-state index is 0.826. The van der Waals surface area contributed by atoms with Crippen molar-refractivity contribution in [3.05, 3.63) is 146 Å². The molecule has 0 aliphatic carbocycles. The van der Waals surface area contributed by atoms with Crippen LogP contribution in [0.15, 0.2) is 146 Å². The van der Waals surface area contributed by atoms with E-state index in [1.165, 1.54) is 21.9 Å². The standard InChI is InChI=1S/C37H24N4/c1-2-11-28-25(9-1)10-5-13-29(28)26-20-22-27(23-21-26)31-14-6-15-32(39-31)33-16-7-19-36(40-33)41-34-17-4-3-12-30(34)37-35(41)18-8-24-38-37/h1-24H. The summed E-state index contributed by atoms with van der Waals surface area (Å²) in [7, 11) is 0. The minimum Gasteiger partial charge on any atom is -0.292 e. The zero-order chi connectivity index (χ0) is 27.2. The normalized spacial score (nSPS) is 11.4. The van der Waals surface area contributed by atoms with Crippen LogP contribution in [0.3, 0.4) is 0 Å². The minimum absolute atomic E-state index is 0.826. The molecule has 0 bridgehead atoms. The van der Waals surface area contributed by atoms with Gasteiger partial charge in [0.2, 0.25) is 0 Å². The lowest BCUT2D eigenvalue weighted by atomic mass is 9.97. The summed E-state index contributed by atoms with van der Waals surface area (Å²) in [4.78, 5) is 14.8. The Bertz CT molecular complexity index is 2150. The van der Waals surface area contributed by atoms with Crippen LogP contribution in [-0.2, 0) is 0 Å². The number of hydrogen-bond acceptors (Lipinski definition) is 3. The van der Waals surface area contributed by atoms with Gasteiger partial charge in [-0.25, -0.2) is 9.97 Å². The Morgan fingerprint density at radius 3 is 2.00 bits per heavy atom. The predicted molar refractivity (Wildman–Crippen MR) is 168 cm³/mol. The molecule has 0 aliphatic heterocycles. The van der Waals surface area contributed by atoms with E-state index in [9.17, 15) is 0 Å². The maximum Gasteiger partial charge on any atom is 0.138 e. The fraction of sp³-hybridized carbons (Fsp3) is 0. The summed E-state index contributed by atoms with van der Waals surface area (Å²) in [5.74, 6) is 0.841. The van der Waals surface area contributed by atoms with E-state index < -0.39 is 0 Å². The SMILES string of the molecule is c1cc(-c2ccc(-c3cccc4ccccc34)cc2)nc(-c2cccc(-n3c4ccccc4c4ncccc43)n2)c1. The molecule has 4 aromatic carbocycles. The molecule has 0 N–H and O–H groups in total. The number of benzene rings is 4. The maximum atomic E-state index is 5.08. The van der Waals surface area contributed by atoms with E-state index in [2.05, 4.69) is 119 Å². The van der Waals surface area contributed by atoms with Crippen molar-refractivity contribution in [2.45, 2.75) is 0 Å². The first-order valence-corrected chi connectivity index (χ1v) is 13.7. The van der Waals surface area contributed by atoms with Crippen molar-refractivity contribution < 1.29 is 0 Å². The lowest BCUT2D eigenvalue weighted by Crippen LogP contribution is -1.99. The Hall–Kier alpha value is -5.61. The summed E-state index contributed by atoms with van der Waals surface area (Å²) in [6.45, 7) is 0. The highest BCUT2D eigenvalue weighted by Crippen LogP contribution is 2.32. The molecule has 41 heavy (non-hydrogen) atoms. The van der Waals surface area contributed by atoms with Crippen molar-refractivity contribution in [3.63, 3.8) is 0 Å². The molecule has 4 aromatic heterocycles. The smallest absolute Gasteiger partial charge is 0.138 e. The zero-order valence-electron chi connectivity index (χ0n) is 22.1. The van der Waals surface area contributed by atoms with Gasteiger partial charge in [-0.3, -0.25) is 9.55 Å². The van der Waals surface area contributed by atoms with Crippen LogP contribution < -0.4 is 0 Å². The van der Waals surface area contributed by atoms with Gasteiger partial charge in [0.25, 0.3) is 0 Å². The highest BCUT2D eigenvalue weighted by molar-refractivity contribution is 6.06. The van der Waals surface area contributed by atoms with E-state index in [1.807, 2.05) is 36.5 Å². The van der Waals surface area contributed by atoms with Crippen molar-refractivity contribution in [2.75, 3.05) is 0 Å². The third-order valence-electron chi connectivity index (χ3n) is 7.68. The molecule has 0 saturated heterocycles. The summed E-state index contributed by atoms with van der Waals surface area (Å²) in [5.41, 5.74) is 9.16. The zero-order valence-corrected chi connectivity index (χ0v) is 22.1. The van der Waals surface area contributed by atoms with Crippen molar-refractivity contribution in [2.24, 2.45) is 0 Å². The first kappa shape index (κ1) is 23.3. The van der Waals surface area contributed by atoms with Crippen molar-refractivity contribution in [1.82, 2.24) is 19.5 Å². The van der Waals surface area contributed by atoms with E-state index in [0.29, 0.717) is 0 Å². The van der Waals surface area contributed by atoms with Gasteiger partial charge < -0.3 is 0 Å². The molecule has 0 unspecified atom stereocenters. The predicted octanol–water partition coefficient (Wildman–Crippen LogP) is 9.12. The lowest BCUT2D eigenvalue weighted by molar-refractivity contribution is 1.08. The van der Waals surface area contributed by atoms with Crippen molar-refractivity contribution in [3.8, 4) is 39.6 Å². The van der Waals surface area contributed by atoms with Gasteiger partial charge in [0.15, 0.2) is 0 Å². The molecule has 0 aliphatic rings. The average molecular weight is 525 g/mol. The van der Waals surface area contributed by atoms with Gasteiger partial charge >= 0.3 is 0 Å². The molecule has 0 fully saturated rings. The third-order valence-corrected chi connectivity index (χ3v) is 7.68. The molecule has 0 radical (unpaired) electrons. The number of aromatic nitrogens is 4. The molecule has 192 valence electrons. The molecule has 4 nitrogen and oxygen atoms in total. The average Bonchev–Trinajstić information content (AvgIpc) is 3.39. The Balaban J connectivity index is 1.17. The van der Waals surface area contributed by atoms with Crippen LogP contribution in [-0.4, -0.2) is 19.5 Å². The van der Waals surface area contributed by atoms with Crippen LogP contribution in [0.25, 0.3) is 72.3 Å². The number of hydrogen-bond donors (Lipinski definition) is 0. The fourth-order valence-corrected chi connectivity index (χ4v) is 5.76. The molecule has 8 aromatic rings. The molecule has 4 heteroatoms. The Labute approximate surface area is 237 Å². The second-order valence-electron chi connectivity index (χ2n) is 10.1. The van der Waals surface area contributed by atoms with E-state index in [-0.39, 0.29) is 0 Å². The second-order valence-corrected chi connectivity index (χ2v) is 10.1. The van der Waals surface area contributed by atoms with Crippen LogP contribution in [0, 0.1) is 0 Å². The van der Waals surface area contributed by atoms with Crippen LogP contribution in [0.5, 0.6) is 0 Å². The highest BCUT2D eigenvalue weighted by Gasteiger charge is 2.14. The van der Waals surface area contributed by atoms with Gasteiger partial charge in [-0.15, -0.1) is 0 Å². The van der Waals surface area contributed by atoms with Crippen LogP contribution in [0.4, 0.5) is 0 Å². The number of para-hydroxylation sites is 1. The second kappa shape index (κ2) is 9.54. The van der Waals surface area contributed by atoms with Crippen LogP contribution >= 0.6 is 0 Å². The number of rotatable bonds is 4. The van der Waals surface area contributed by atoms with E-state index in [4.69, 9.17) is 9.97 Å². The largest absolute Gasteiger partial charge is 0.292 e. The summed E-state index contributed by atoms with van der Waals surface area (Å²) in [5, 5.41) is 3.62. The van der Waals surface area contributed by atoms with Crippen molar-refractivity contribution in [1.29, 1.82) is 0 Å². The Kier molecular flexibility index (Phi) is 5.42. The van der Waals surface area contributed by atoms with Crippen LogP contribution in [0.2, 0.25) is 0 Å². The van der Waals surface area contributed by atoms with Gasteiger partial charge in [0.1, 0.15) is 5.82 Å². The summed E-state index contributed by atoms with van der Waals surface area (Å²) in [6, 6.07) is 48.3. The Morgan fingerprint density at radius 1 is 0.439 bits per heavy atom. The monoisotopic (exact) mass is 524 g/mol. The highest BCUT2D eigenvalue weighted by atomic mass is 15.1. The van der Waals surface area contributed by atoms with E-state index in [0.717, 1.165) is 50.4 Å². The van der Waals surface area contributed by atoms with Gasteiger partial charge in [-0.05, 0) is 64.4 Å². The summed E-state index contributed by atoms with van der Waals surface area (Å²) in [6.07, 6.45) is 1.84. The topological polar surface area (TPSA) is 43.6 Å². The number of pyridine rings is 3. The molecule has 0 amide bonds. The van der Waals surface area contributed by atoms with E-state index >= 15 is 0 Å². The lowest BCUT2D eigenvalue weighted by Gasteiger charge is -2.10. The number of fused-ring (bicyclic) bond motifs is 4. The molecule has 8 rings (SSSR count). The molecule has 0 atom stereocenters. The molecule has 4 heterocycles. The maximum absolute atomic E-state index is 5.08. The first-order valence-electron chi connectivity index (χ1n) is 13.7. The quantitative estimate of drug-likeness (QED) is 0.231. The molecule has 0 saturated carbocycles. The third kappa shape index (κ3) is 3.97.